The van der Waals surface area contributed by atoms with Crippen LogP contribution in [0.15, 0.2) is 18.2 Å². The Labute approximate surface area is 168 Å². The third kappa shape index (κ3) is 5.71. The third-order valence-electron chi connectivity index (χ3n) is 5.84. The number of benzene rings is 1. The van der Waals surface area contributed by atoms with Gasteiger partial charge in [-0.15, -0.1) is 0 Å². The predicted molar refractivity (Wildman–Crippen MR) is 110 cm³/mol. The maximum absolute atomic E-state index is 12.2. The average molecular weight is 399 g/mol. The molecule has 1 fully saturated rings. The van der Waals surface area contributed by atoms with E-state index in [0.29, 0.717) is 28.7 Å². The zero-order valence-electron chi connectivity index (χ0n) is 15.9. The quantitative estimate of drug-likeness (QED) is 0.436. The van der Waals surface area contributed by atoms with Gasteiger partial charge in [0.05, 0.1) is 6.10 Å². The van der Waals surface area contributed by atoms with E-state index in [1.165, 1.54) is 12.8 Å². The SMILES string of the molecule is CCCCCCC(=O)CCCC1(c2ccc(Cl)cc2Cl)CCCCC1O. The van der Waals surface area contributed by atoms with Crippen LogP contribution < -0.4 is 0 Å². The molecule has 0 spiro atoms. The number of Topliss-reactive ketones (excluding diaryl/α,β-unsaturated/α-hetero) is 1. The van der Waals surface area contributed by atoms with Crippen LogP contribution in [0.2, 0.25) is 10.0 Å². The molecule has 146 valence electrons. The van der Waals surface area contributed by atoms with Gasteiger partial charge in [0.2, 0.25) is 0 Å². The minimum Gasteiger partial charge on any atom is -0.392 e. The Hall–Kier alpha value is -0.570. The van der Waals surface area contributed by atoms with E-state index in [0.717, 1.165) is 56.9 Å². The highest BCUT2D eigenvalue weighted by atomic mass is 35.5. The Balaban J connectivity index is 2.01. The van der Waals surface area contributed by atoms with Crippen LogP contribution in [0.4, 0.5) is 0 Å². The zero-order chi connectivity index (χ0) is 19.0. The Morgan fingerprint density at radius 2 is 1.92 bits per heavy atom. The minimum atomic E-state index is -0.408. The second-order valence-corrected chi connectivity index (χ2v) is 8.59. The number of rotatable bonds is 10. The number of carbonyl (C=O) groups is 1. The fraction of sp³-hybridized carbons (Fsp3) is 0.682. The molecule has 2 unspecified atom stereocenters. The molecule has 0 aliphatic heterocycles. The Morgan fingerprint density at radius 3 is 2.62 bits per heavy atom. The number of aliphatic hydroxyl groups excluding tert-OH is 1. The lowest BCUT2D eigenvalue weighted by Crippen LogP contribution is -2.42. The Kier molecular flexibility index (Phi) is 8.93. The molecule has 1 aromatic carbocycles. The lowest BCUT2D eigenvalue weighted by Gasteiger charge is -2.43. The fourth-order valence-electron chi connectivity index (χ4n) is 4.33. The van der Waals surface area contributed by atoms with Crippen LogP contribution in [-0.2, 0) is 10.2 Å². The summed E-state index contributed by atoms with van der Waals surface area (Å²) in [4.78, 5) is 12.2. The van der Waals surface area contributed by atoms with Gasteiger partial charge >= 0.3 is 0 Å². The molecule has 0 amide bonds. The molecule has 26 heavy (non-hydrogen) atoms. The first-order valence-corrected chi connectivity index (χ1v) is 10.9. The Morgan fingerprint density at radius 1 is 1.15 bits per heavy atom. The van der Waals surface area contributed by atoms with E-state index < -0.39 is 6.10 Å². The standard InChI is InChI=1S/C22H32Cl2O2/c1-2-3-4-5-9-18(25)10-8-15-22(14-7-6-11-21(22)26)19-13-12-17(23)16-20(19)24/h12-13,16,21,26H,2-11,14-15H2,1H3. The van der Waals surface area contributed by atoms with Crippen LogP contribution in [-0.4, -0.2) is 17.0 Å². The van der Waals surface area contributed by atoms with Crippen LogP contribution in [0, 0.1) is 0 Å². The Bertz CT molecular complexity index is 588. The van der Waals surface area contributed by atoms with Gasteiger partial charge in [-0.2, -0.15) is 0 Å². The molecule has 2 rings (SSSR count). The van der Waals surface area contributed by atoms with E-state index >= 15 is 0 Å². The first-order valence-electron chi connectivity index (χ1n) is 10.1. The maximum atomic E-state index is 12.2. The molecular weight excluding hydrogens is 367 g/mol. The predicted octanol–water partition coefficient (Wildman–Crippen LogP) is 6.88. The minimum absolute atomic E-state index is 0.345. The van der Waals surface area contributed by atoms with Crippen LogP contribution in [0.3, 0.4) is 0 Å². The van der Waals surface area contributed by atoms with E-state index in [4.69, 9.17) is 23.2 Å². The largest absolute Gasteiger partial charge is 0.392 e. The molecule has 0 bridgehead atoms. The first kappa shape index (κ1) is 21.7. The van der Waals surface area contributed by atoms with Crippen molar-refractivity contribution in [3.63, 3.8) is 0 Å². The molecule has 2 atom stereocenters. The number of hydrogen-bond donors (Lipinski definition) is 1. The van der Waals surface area contributed by atoms with E-state index in [9.17, 15) is 9.90 Å². The van der Waals surface area contributed by atoms with Gasteiger partial charge in [0, 0.05) is 28.3 Å². The van der Waals surface area contributed by atoms with Gasteiger partial charge in [-0.3, -0.25) is 4.79 Å². The monoisotopic (exact) mass is 398 g/mol. The summed E-state index contributed by atoms with van der Waals surface area (Å²) in [6.45, 7) is 2.18. The highest BCUT2D eigenvalue weighted by molar-refractivity contribution is 6.35. The van der Waals surface area contributed by atoms with Gasteiger partial charge in [0.1, 0.15) is 5.78 Å². The number of unbranched alkanes of at least 4 members (excludes halogenated alkanes) is 3. The molecule has 0 heterocycles. The van der Waals surface area contributed by atoms with Crippen LogP contribution >= 0.6 is 23.2 Å². The summed E-state index contributed by atoms with van der Waals surface area (Å²) in [5.74, 6) is 0.351. The van der Waals surface area contributed by atoms with E-state index in [-0.39, 0.29) is 5.41 Å². The second kappa shape index (κ2) is 10.7. The zero-order valence-corrected chi connectivity index (χ0v) is 17.4. The molecule has 0 radical (unpaired) electrons. The van der Waals surface area contributed by atoms with E-state index in [1.54, 1.807) is 6.07 Å². The van der Waals surface area contributed by atoms with Gasteiger partial charge in [0.15, 0.2) is 0 Å². The van der Waals surface area contributed by atoms with Crippen molar-refractivity contribution in [3.05, 3.63) is 33.8 Å². The highest BCUT2D eigenvalue weighted by Gasteiger charge is 2.42. The summed E-state index contributed by atoms with van der Waals surface area (Å²) in [5.41, 5.74) is 0.647. The van der Waals surface area contributed by atoms with E-state index in [1.807, 2.05) is 12.1 Å². The number of ketones is 1. The fourth-order valence-corrected chi connectivity index (χ4v) is 4.93. The molecule has 1 aliphatic carbocycles. The summed E-state index contributed by atoms with van der Waals surface area (Å²) >= 11 is 12.6. The molecule has 0 saturated heterocycles. The number of carbonyl (C=O) groups excluding carboxylic acids is 1. The van der Waals surface area contributed by atoms with Crippen molar-refractivity contribution in [2.24, 2.45) is 0 Å². The molecular formula is C22H32Cl2O2. The number of halogens is 2. The van der Waals surface area contributed by atoms with Crippen LogP contribution in [0.5, 0.6) is 0 Å². The van der Waals surface area contributed by atoms with Gasteiger partial charge in [-0.25, -0.2) is 0 Å². The smallest absolute Gasteiger partial charge is 0.132 e. The third-order valence-corrected chi connectivity index (χ3v) is 6.39. The van der Waals surface area contributed by atoms with Crippen molar-refractivity contribution in [2.75, 3.05) is 0 Å². The normalized spacial score (nSPS) is 23.2. The summed E-state index contributed by atoms with van der Waals surface area (Å²) in [6.07, 6.45) is 10.9. The van der Waals surface area contributed by atoms with Crippen molar-refractivity contribution in [1.29, 1.82) is 0 Å². The number of aliphatic hydroxyl groups is 1. The summed E-state index contributed by atoms with van der Waals surface area (Å²) in [6, 6.07) is 5.58. The average Bonchev–Trinajstić information content (AvgIpc) is 2.61. The van der Waals surface area contributed by atoms with Crippen molar-refractivity contribution >= 4 is 29.0 Å². The van der Waals surface area contributed by atoms with Crippen LogP contribution in [0.1, 0.15) is 89.5 Å². The summed E-state index contributed by atoms with van der Waals surface area (Å²) in [7, 11) is 0. The molecule has 1 aliphatic rings. The van der Waals surface area contributed by atoms with Crippen LogP contribution in [0.25, 0.3) is 0 Å². The lowest BCUT2D eigenvalue weighted by molar-refractivity contribution is -0.119. The molecule has 2 nitrogen and oxygen atoms in total. The van der Waals surface area contributed by atoms with Crippen molar-refractivity contribution in [2.45, 2.75) is 95.5 Å². The van der Waals surface area contributed by atoms with Gasteiger partial charge in [-0.1, -0.05) is 68.3 Å². The number of hydrogen-bond acceptors (Lipinski definition) is 2. The van der Waals surface area contributed by atoms with Crippen molar-refractivity contribution in [3.8, 4) is 0 Å². The molecule has 1 aromatic rings. The second-order valence-electron chi connectivity index (χ2n) is 7.74. The van der Waals surface area contributed by atoms with Gasteiger partial charge in [0.25, 0.3) is 0 Å². The molecule has 4 heteroatoms. The topological polar surface area (TPSA) is 37.3 Å². The van der Waals surface area contributed by atoms with E-state index in [2.05, 4.69) is 6.92 Å². The maximum Gasteiger partial charge on any atom is 0.132 e. The first-order chi connectivity index (χ1) is 12.5. The van der Waals surface area contributed by atoms with Crippen molar-refractivity contribution < 1.29 is 9.90 Å². The highest BCUT2D eigenvalue weighted by Crippen LogP contribution is 2.46. The molecule has 0 aromatic heterocycles. The van der Waals surface area contributed by atoms with Crippen molar-refractivity contribution in [1.82, 2.24) is 0 Å². The van der Waals surface area contributed by atoms with Gasteiger partial charge < -0.3 is 5.11 Å². The summed E-state index contributed by atoms with van der Waals surface area (Å²) in [5, 5.41) is 12.1. The molecule has 1 saturated carbocycles. The van der Waals surface area contributed by atoms with Gasteiger partial charge in [-0.05, 0) is 49.8 Å². The molecule has 1 N–H and O–H groups in total. The summed E-state index contributed by atoms with van der Waals surface area (Å²) < 4.78 is 0. The lowest BCUT2D eigenvalue weighted by atomic mass is 9.64.